The van der Waals surface area contributed by atoms with Crippen LogP contribution >= 0.6 is 0 Å². The summed E-state index contributed by atoms with van der Waals surface area (Å²) >= 11 is 0. The summed E-state index contributed by atoms with van der Waals surface area (Å²) in [6.07, 6.45) is 1.97. The number of hydrogen-bond acceptors (Lipinski definition) is 2. The number of nitrogens with zero attached hydrogens (tertiary/aromatic N) is 1. The molecule has 0 saturated heterocycles. The van der Waals surface area contributed by atoms with Crippen molar-refractivity contribution < 1.29 is 5.11 Å². The average molecular weight is 190 g/mol. The van der Waals surface area contributed by atoms with E-state index in [4.69, 9.17) is 10.8 Å². The molecule has 2 aromatic rings. The smallest absolute Gasteiger partial charge is 0.0691 e. The van der Waals surface area contributed by atoms with Gasteiger partial charge in [0, 0.05) is 17.4 Å². The molecule has 0 saturated carbocycles. The number of pyridine rings is 1. The van der Waals surface area contributed by atoms with Crippen LogP contribution in [-0.2, 0) is 0 Å². The number of aryl methyl sites for hydroxylation is 1. The van der Waals surface area contributed by atoms with Crippen LogP contribution in [0.3, 0.4) is 0 Å². The zero-order valence-electron chi connectivity index (χ0n) is 8.14. The first kappa shape index (κ1) is 9.24. The normalized spacial score (nSPS) is 13.4. The summed E-state index contributed by atoms with van der Waals surface area (Å²) in [6, 6.07) is 7.74. The molecule has 0 aromatic carbocycles. The Hall–Kier alpha value is -1.32. The maximum absolute atomic E-state index is 9.05. The first-order chi connectivity index (χ1) is 6.74. The molecular weight excluding hydrogens is 176 g/mol. The summed E-state index contributed by atoms with van der Waals surface area (Å²) in [4.78, 5) is 0. The molecule has 2 aromatic heterocycles. The maximum Gasteiger partial charge on any atom is 0.0691 e. The lowest BCUT2D eigenvalue weighted by Crippen LogP contribution is -2.17. The van der Waals surface area contributed by atoms with E-state index < -0.39 is 0 Å². The van der Waals surface area contributed by atoms with Gasteiger partial charge in [-0.25, -0.2) is 0 Å². The van der Waals surface area contributed by atoms with Gasteiger partial charge in [0.25, 0.3) is 0 Å². The highest BCUT2D eigenvalue weighted by Gasteiger charge is 2.12. The van der Waals surface area contributed by atoms with Crippen LogP contribution in [0.4, 0.5) is 0 Å². The van der Waals surface area contributed by atoms with Gasteiger partial charge in [-0.3, -0.25) is 0 Å². The monoisotopic (exact) mass is 190 g/mol. The largest absolute Gasteiger partial charge is 0.394 e. The molecule has 0 fully saturated rings. The van der Waals surface area contributed by atoms with Gasteiger partial charge in [-0.2, -0.15) is 0 Å². The van der Waals surface area contributed by atoms with E-state index in [1.54, 1.807) is 0 Å². The predicted octanol–water partition coefficient (Wildman–Crippen LogP) is 1.24. The van der Waals surface area contributed by atoms with Gasteiger partial charge in [0.2, 0.25) is 0 Å². The Morgan fingerprint density at radius 3 is 3.00 bits per heavy atom. The van der Waals surface area contributed by atoms with Crippen molar-refractivity contribution in [3.63, 3.8) is 0 Å². The highest BCUT2D eigenvalue weighted by molar-refractivity contribution is 5.53. The number of hydrogen-bond donors (Lipinski definition) is 2. The molecule has 3 N–H and O–H groups in total. The summed E-state index contributed by atoms with van der Waals surface area (Å²) in [7, 11) is 0. The SMILES string of the molecule is Cc1cc2ccccn2c1C(N)CO. The van der Waals surface area contributed by atoms with Gasteiger partial charge in [0.05, 0.1) is 12.6 Å². The summed E-state index contributed by atoms with van der Waals surface area (Å²) in [6.45, 7) is 1.99. The van der Waals surface area contributed by atoms with Crippen LogP contribution in [0.25, 0.3) is 5.52 Å². The molecule has 1 unspecified atom stereocenters. The van der Waals surface area contributed by atoms with Gasteiger partial charge >= 0.3 is 0 Å². The lowest BCUT2D eigenvalue weighted by molar-refractivity contribution is 0.265. The summed E-state index contributed by atoms with van der Waals surface area (Å²) < 4.78 is 2.02. The van der Waals surface area contributed by atoms with Crippen molar-refractivity contribution >= 4 is 5.52 Å². The van der Waals surface area contributed by atoms with Gasteiger partial charge in [0.1, 0.15) is 0 Å². The lowest BCUT2D eigenvalue weighted by atomic mass is 10.1. The highest BCUT2D eigenvalue weighted by atomic mass is 16.3. The van der Waals surface area contributed by atoms with Crippen molar-refractivity contribution in [1.29, 1.82) is 0 Å². The minimum atomic E-state index is -0.306. The number of aliphatic hydroxyl groups is 1. The molecule has 0 spiro atoms. The first-order valence-electron chi connectivity index (χ1n) is 4.67. The second-order valence-corrected chi connectivity index (χ2v) is 3.50. The van der Waals surface area contributed by atoms with Crippen molar-refractivity contribution in [3.05, 3.63) is 41.7 Å². The van der Waals surface area contributed by atoms with Crippen LogP contribution in [0, 0.1) is 6.92 Å². The van der Waals surface area contributed by atoms with Gasteiger partial charge in [-0.05, 0) is 30.7 Å². The topological polar surface area (TPSA) is 50.7 Å². The third kappa shape index (κ3) is 1.31. The zero-order valence-corrected chi connectivity index (χ0v) is 8.14. The van der Waals surface area contributed by atoms with Crippen LogP contribution < -0.4 is 5.73 Å². The van der Waals surface area contributed by atoms with E-state index in [-0.39, 0.29) is 12.6 Å². The van der Waals surface area contributed by atoms with E-state index in [1.165, 1.54) is 0 Å². The molecule has 0 aliphatic heterocycles. The number of aromatic nitrogens is 1. The van der Waals surface area contributed by atoms with E-state index in [1.807, 2.05) is 35.7 Å². The van der Waals surface area contributed by atoms with Crippen molar-refractivity contribution in [2.75, 3.05) is 6.61 Å². The third-order valence-electron chi connectivity index (χ3n) is 2.47. The van der Waals surface area contributed by atoms with Crippen LogP contribution in [0.1, 0.15) is 17.3 Å². The third-order valence-corrected chi connectivity index (χ3v) is 2.47. The Morgan fingerprint density at radius 2 is 2.29 bits per heavy atom. The van der Waals surface area contributed by atoms with E-state index in [2.05, 4.69) is 6.07 Å². The van der Waals surface area contributed by atoms with Gasteiger partial charge in [-0.15, -0.1) is 0 Å². The molecule has 0 radical (unpaired) electrons. The van der Waals surface area contributed by atoms with E-state index >= 15 is 0 Å². The van der Waals surface area contributed by atoms with E-state index in [0.717, 1.165) is 16.8 Å². The van der Waals surface area contributed by atoms with E-state index in [0.29, 0.717) is 0 Å². The zero-order chi connectivity index (χ0) is 10.1. The Morgan fingerprint density at radius 1 is 1.50 bits per heavy atom. The highest BCUT2D eigenvalue weighted by Crippen LogP contribution is 2.20. The van der Waals surface area contributed by atoms with E-state index in [9.17, 15) is 0 Å². The Kier molecular flexibility index (Phi) is 2.27. The number of fused-ring (bicyclic) bond motifs is 1. The number of rotatable bonds is 2. The van der Waals surface area contributed by atoms with Crippen LogP contribution in [0.5, 0.6) is 0 Å². The van der Waals surface area contributed by atoms with Crippen molar-refractivity contribution in [3.8, 4) is 0 Å². The number of nitrogens with two attached hydrogens (primary N) is 1. The molecule has 3 heteroatoms. The average Bonchev–Trinajstić information content (AvgIpc) is 2.53. The van der Waals surface area contributed by atoms with Crippen LogP contribution in [-0.4, -0.2) is 16.1 Å². The summed E-state index contributed by atoms with van der Waals surface area (Å²) in [5.74, 6) is 0. The fraction of sp³-hybridized carbons (Fsp3) is 0.273. The summed E-state index contributed by atoms with van der Waals surface area (Å²) in [5, 5.41) is 9.05. The fourth-order valence-electron chi connectivity index (χ4n) is 1.84. The van der Waals surface area contributed by atoms with Gasteiger partial charge < -0.3 is 15.2 Å². The van der Waals surface area contributed by atoms with Gasteiger partial charge in [-0.1, -0.05) is 6.07 Å². The molecular formula is C11H14N2O. The van der Waals surface area contributed by atoms with Crippen molar-refractivity contribution in [2.24, 2.45) is 5.73 Å². The van der Waals surface area contributed by atoms with Gasteiger partial charge in [0.15, 0.2) is 0 Å². The molecule has 3 nitrogen and oxygen atoms in total. The molecule has 74 valence electrons. The quantitative estimate of drug-likeness (QED) is 0.748. The summed E-state index contributed by atoms with van der Waals surface area (Å²) in [5.41, 5.74) is 9.06. The second-order valence-electron chi connectivity index (χ2n) is 3.50. The van der Waals surface area contributed by atoms with Crippen molar-refractivity contribution in [1.82, 2.24) is 4.40 Å². The Labute approximate surface area is 82.8 Å². The molecule has 0 bridgehead atoms. The fourth-order valence-corrected chi connectivity index (χ4v) is 1.84. The molecule has 2 heterocycles. The van der Waals surface area contributed by atoms with Crippen molar-refractivity contribution in [2.45, 2.75) is 13.0 Å². The van der Waals surface area contributed by atoms with Crippen LogP contribution in [0.15, 0.2) is 30.5 Å². The molecule has 2 rings (SSSR count). The molecule has 14 heavy (non-hydrogen) atoms. The Balaban J connectivity index is 2.67. The molecule has 1 atom stereocenters. The minimum Gasteiger partial charge on any atom is -0.394 e. The number of aliphatic hydroxyl groups excluding tert-OH is 1. The standard InChI is InChI=1S/C11H14N2O/c1-8-6-9-4-2-3-5-13(9)11(8)10(12)7-14/h2-6,10,14H,7,12H2,1H3. The minimum absolute atomic E-state index is 0.0259. The predicted molar refractivity (Wildman–Crippen MR) is 56.1 cm³/mol. The lowest BCUT2D eigenvalue weighted by Gasteiger charge is -2.10. The second kappa shape index (κ2) is 3.44. The molecule has 0 aliphatic rings. The maximum atomic E-state index is 9.05. The molecule has 0 amide bonds. The Bertz CT molecular complexity index is 447. The molecule has 0 aliphatic carbocycles. The van der Waals surface area contributed by atoms with Crippen LogP contribution in [0.2, 0.25) is 0 Å². The first-order valence-corrected chi connectivity index (χ1v) is 4.67.